The van der Waals surface area contributed by atoms with Gasteiger partial charge < -0.3 is 64.2 Å². The largest absolute Gasteiger partial charge is 0.457 e. The highest BCUT2D eigenvalue weighted by Gasteiger charge is 2.47. The molecular weight excluding hydrogens is 1000 g/mol. The molecule has 14 nitrogen and oxygen atoms in total. The monoisotopic (exact) mass is 1130 g/mol. The number of esters is 1. The molecule has 79 heavy (non-hydrogen) atoms. The minimum absolute atomic E-state index is 0.0714. The summed E-state index contributed by atoms with van der Waals surface area (Å²) in [6, 6.07) is 0. The Morgan fingerprint density at radius 1 is 0.367 bits per heavy atom. The Morgan fingerprint density at radius 3 is 1.03 bits per heavy atom. The number of hydrogen-bond donors (Lipinski definition) is 7. The lowest BCUT2D eigenvalue weighted by atomic mass is 9.98. The second kappa shape index (κ2) is 52.5. The molecule has 0 amide bonds. The average molecular weight is 1130 g/mol. The van der Waals surface area contributed by atoms with Crippen molar-refractivity contribution < 1.29 is 69.0 Å². The SMILES string of the molecule is CCCCCCCCCCCCCCCCCCCCCCCCCCCC(=O)OC(COCCCCCCCCCCCCCCCCCCCCCC)COC1OC(COC2OC(CO)C(O)C(O)C2O)C(O)C(O)C1O. The lowest BCUT2D eigenvalue weighted by Gasteiger charge is -2.42. The van der Waals surface area contributed by atoms with Gasteiger partial charge in [0.25, 0.3) is 0 Å². The van der Waals surface area contributed by atoms with Gasteiger partial charge in [0, 0.05) is 13.0 Å². The minimum Gasteiger partial charge on any atom is -0.457 e. The first-order valence-electron chi connectivity index (χ1n) is 33.6. The van der Waals surface area contributed by atoms with Gasteiger partial charge in [0.15, 0.2) is 12.6 Å². The Balaban J connectivity index is 1.64. The van der Waals surface area contributed by atoms with E-state index in [2.05, 4.69) is 13.8 Å². The van der Waals surface area contributed by atoms with Crippen LogP contribution in [0.2, 0.25) is 0 Å². The summed E-state index contributed by atoms with van der Waals surface area (Å²) in [6.45, 7) is 3.79. The summed E-state index contributed by atoms with van der Waals surface area (Å²) in [5.41, 5.74) is 0. The quantitative estimate of drug-likeness (QED) is 0.0223. The van der Waals surface area contributed by atoms with Gasteiger partial charge in [0.05, 0.1) is 26.4 Å². The van der Waals surface area contributed by atoms with E-state index in [0.717, 1.165) is 44.9 Å². The molecular formula is C65H126O14. The van der Waals surface area contributed by atoms with Gasteiger partial charge in [-0.15, -0.1) is 0 Å². The normalized spacial score (nSPS) is 23.9. The molecule has 11 atom stereocenters. The zero-order chi connectivity index (χ0) is 57.2. The van der Waals surface area contributed by atoms with Crippen LogP contribution in [0.5, 0.6) is 0 Å². The number of rotatable bonds is 57. The molecule has 2 fully saturated rings. The van der Waals surface area contributed by atoms with Crippen molar-refractivity contribution in [1.29, 1.82) is 0 Å². The van der Waals surface area contributed by atoms with Crippen LogP contribution in [0.1, 0.15) is 309 Å². The number of aliphatic hydroxyl groups is 7. The maximum absolute atomic E-state index is 13.1. The molecule has 0 aliphatic carbocycles. The predicted octanol–water partition coefficient (Wildman–Crippen LogP) is 13.5. The number of unbranched alkanes of at least 4 members (excludes halogenated alkanes) is 43. The fourth-order valence-electron chi connectivity index (χ4n) is 11.2. The summed E-state index contributed by atoms with van der Waals surface area (Å²) >= 11 is 0. The van der Waals surface area contributed by atoms with Crippen molar-refractivity contribution >= 4 is 5.97 Å². The Morgan fingerprint density at radius 2 is 0.671 bits per heavy atom. The zero-order valence-electron chi connectivity index (χ0n) is 50.9. The van der Waals surface area contributed by atoms with E-state index in [1.165, 1.54) is 244 Å². The fourth-order valence-corrected chi connectivity index (χ4v) is 11.2. The fraction of sp³-hybridized carbons (Fsp3) is 0.985. The molecule has 0 saturated carbocycles. The summed E-state index contributed by atoms with van der Waals surface area (Å²) in [4.78, 5) is 13.1. The van der Waals surface area contributed by atoms with Crippen molar-refractivity contribution in [3.63, 3.8) is 0 Å². The molecule has 14 heteroatoms. The molecule has 11 unspecified atom stereocenters. The van der Waals surface area contributed by atoms with Crippen LogP contribution in [0.15, 0.2) is 0 Å². The van der Waals surface area contributed by atoms with Crippen molar-refractivity contribution in [1.82, 2.24) is 0 Å². The van der Waals surface area contributed by atoms with Gasteiger partial charge in [-0.3, -0.25) is 4.79 Å². The van der Waals surface area contributed by atoms with Crippen LogP contribution in [0, 0.1) is 0 Å². The van der Waals surface area contributed by atoms with Crippen molar-refractivity contribution in [2.45, 2.75) is 377 Å². The van der Waals surface area contributed by atoms with E-state index in [-0.39, 0.29) is 25.6 Å². The van der Waals surface area contributed by atoms with Crippen LogP contribution in [0.25, 0.3) is 0 Å². The van der Waals surface area contributed by atoms with E-state index in [0.29, 0.717) is 6.61 Å². The average Bonchev–Trinajstić information content (AvgIpc) is 3.46. The van der Waals surface area contributed by atoms with E-state index in [4.69, 9.17) is 28.4 Å². The van der Waals surface area contributed by atoms with Crippen LogP contribution in [0.4, 0.5) is 0 Å². The first-order chi connectivity index (χ1) is 38.6. The molecule has 0 aromatic rings. The maximum Gasteiger partial charge on any atom is 0.306 e. The molecule has 0 bridgehead atoms. The number of ether oxygens (including phenoxy) is 6. The molecule has 7 N–H and O–H groups in total. The molecule has 2 aliphatic rings. The van der Waals surface area contributed by atoms with Gasteiger partial charge in [0.1, 0.15) is 54.9 Å². The van der Waals surface area contributed by atoms with E-state index in [9.17, 15) is 40.5 Å². The highest BCUT2D eigenvalue weighted by atomic mass is 16.7. The molecule has 2 heterocycles. The van der Waals surface area contributed by atoms with Crippen molar-refractivity contribution in [3.05, 3.63) is 0 Å². The molecule has 0 spiro atoms. The summed E-state index contributed by atoms with van der Waals surface area (Å²) in [7, 11) is 0. The highest BCUT2D eigenvalue weighted by molar-refractivity contribution is 5.69. The van der Waals surface area contributed by atoms with Crippen molar-refractivity contribution in [2.75, 3.05) is 33.0 Å². The second-order valence-corrected chi connectivity index (χ2v) is 24.0. The maximum atomic E-state index is 13.1. The number of carbonyl (C=O) groups is 1. The van der Waals surface area contributed by atoms with Gasteiger partial charge in [0.2, 0.25) is 0 Å². The first kappa shape index (κ1) is 74.1. The van der Waals surface area contributed by atoms with Gasteiger partial charge in [-0.2, -0.15) is 0 Å². The van der Waals surface area contributed by atoms with E-state index in [1.54, 1.807) is 0 Å². The number of carbonyl (C=O) groups excluding carboxylic acids is 1. The van der Waals surface area contributed by atoms with Crippen LogP contribution in [0.3, 0.4) is 0 Å². The van der Waals surface area contributed by atoms with Crippen LogP contribution < -0.4 is 0 Å². The highest BCUT2D eigenvalue weighted by Crippen LogP contribution is 2.27. The third-order valence-corrected chi connectivity index (χ3v) is 16.6. The summed E-state index contributed by atoms with van der Waals surface area (Å²) in [6.07, 6.45) is 43.2. The molecule has 470 valence electrons. The first-order valence-corrected chi connectivity index (χ1v) is 33.6. The molecule has 2 rings (SSSR count). The van der Waals surface area contributed by atoms with Crippen molar-refractivity contribution in [2.24, 2.45) is 0 Å². The smallest absolute Gasteiger partial charge is 0.306 e. The molecule has 2 aliphatic heterocycles. The van der Waals surface area contributed by atoms with Gasteiger partial charge in [-0.25, -0.2) is 0 Å². The molecule has 0 aromatic carbocycles. The number of aliphatic hydroxyl groups excluding tert-OH is 7. The third kappa shape index (κ3) is 38.5. The standard InChI is InChI=1S/C65H126O14/c1-3-5-7-9-11-13-15-17-19-21-23-25-26-27-28-29-30-32-34-36-38-40-42-44-46-48-57(67)77-54(51-74-49-47-45-43-41-39-37-35-33-31-24-22-20-18-16-14-12-10-8-6-4-2)52-75-64-63(73)61(71)59(69)56(79-64)53-76-65-62(72)60(70)58(68)55(50-66)78-65/h54-56,58-66,68-73H,3-53H2,1-2H3. The Hall–Kier alpha value is -1.01. The lowest BCUT2D eigenvalue weighted by molar-refractivity contribution is -0.332. The topological polar surface area (TPSA) is 214 Å². The molecule has 2 saturated heterocycles. The summed E-state index contributed by atoms with van der Waals surface area (Å²) < 4.78 is 34.5. The van der Waals surface area contributed by atoms with E-state index >= 15 is 0 Å². The van der Waals surface area contributed by atoms with Crippen LogP contribution >= 0.6 is 0 Å². The van der Waals surface area contributed by atoms with Gasteiger partial charge in [-0.05, 0) is 12.8 Å². The van der Waals surface area contributed by atoms with E-state index < -0.39 is 80.7 Å². The van der Waals surface area contributed by atoms with E-state index in [1.807, 2.05) is 0 Å². The predicted molar refractivity (Wildman–Crippen MR) is 317 cm³/mol. The molecule has 0 radical (unpaired) electrons. The Kier molecular flexibility index (Phi) is 49.3. The number of hydrogen-bond acceptors (Lipinski definition) is 14. The summed E-state index contributed by atoms with van der Waals surface area (Å²) in [5.74, 6) is -0.364. The van der Waals surface area contributed by atoms with Gasteiger partial charge in [-0.1, -0.05) is 290 Å². The second-order valence-electron chi connectivity index (χ2n) is 24.0. The summed E-state index contributed by atoms with van der Waals surface area (Å²) in [5, 5.41) is 72.5. The zero-order valence-corrected chi connectivity index (χ0v) is 50.9. The van der Waals surface area contributed by atoms with Crippen molar-refractivity contribution in [3.8, 4) is 0 Å². The third-order valence-electron chi connectivity index (χ3n) is 16.6. The van der Waals surface area contributed by atoms with Crippen LogP contribution in [-0.2, 0) is 33.2 Å². The Labute approximate surface area is 482 Å². The van der Waals surface area contributed by atoms with Gasteiger partial charge >= 0.3 is 5.97 Å². The molecule has 0 aromatic heterocycles. The van der Waals surface area contributed by atoms with Crippen LogP contribution in [-0.4, -0.2) is 142 Å². The lowest BCUT2D eigenvalue weighted by Crippen LogP contribution is -2.61. The Bertz CT molecular complexity index is 1310. The minimum atomic E-state index is -1.70.